The number of fused-ring (bicyclic) bond motifs is 1. The molecular formula is C19H18N6OS. The summed E-state index contributed by atoms with van der Waals surface area (Å²) in [6, 6.07) is 6.24. The topological polar surface area (TPSA) is 88.5 Å². The van der Waals surface area contributed by atoms with Gasteiger partial charge in [-0.25, -0.2) is 9.97 Å². The molecule has 4 aromatic rings. The van der Waals surface area contributed by atoms with Crippen molar-refractivity contribution in [2.45, 2.75) is 26.7 Å². The van der Waals surface area contributed by atoms with E-state index in [4.69, 9.17) is 0 Å². The van der Waals surface area contributed by atoms with Crippen LogP contribution in [-0.4, -0.2) is 30.6 Å². The molecule has 0 bridgehead atoms. The number of nitrogens with one attached hydrogen (secondary N) is 2. The van der Waals surface area contributed by atoms with Gasteiger partial charge in [-0.1, -0.05) is 29.5 Å². The second-order valence-corrected chi connectivity index (χ2v) is 7.90. The number of H-pyrrole nitrogens is 1. The van der Waals surface area contributed by atoms with Gasteiger partial charge in [0.05, 0.1) is 11.9 Å². The van der Waals surface area contributed by atoms with Crippen LogP contribution in [0, 0.1) is 19.8 Å². The SMILES string of the molecule is Cc1cccc(-c2cncn2-c2n[nH]c3nc(NC(=O)C4CC4)sc23)c1C. The fraction of sp³-hybridized carbons (Fsp3) is 0.263. The van der Waals surface area contributed by atoms with Crippen molar-refractivity contribution in [2.24, 2.45) is 5.92 Å². The Morgan fingerprint density at radius 3 is 3.00 bits per heavy atom. The van der Waals surface area contributed by atoms with Crippen molar-refractivity contribution < 1.29 is 4.79 Å². The molecule has 136 valence electrons. The number of hydrogen-bond acceptors (Lipinski definition) is 5. The Morgan fingerprint density at radius 2 is 2.19 bits per heavy atom. The number of thiazole rings is 1. The zero-order chi connectivity index (χ0) is 18.5. The molecule has 1 aromatic carbocycles. The van der Waals surface area contributed by atoms with Crippen molar-refractivity contribution in [1.82, 2.24) is 24.7 Å². The van der Waals surface area contributed by atoms with E-state index in [0.717, 1.165) is 34.6 Å². The molecule has 0 saturated heterocycles. The number of aryl methyl sites for hydroxylation is 1. The summed E-state index contributed by atoms with van der Waals surface area (Å²) in [5.74, 6) is 0.942. The lowest BCUT2D eigenvalue weighted by molar-refractivity contribution is -0.117. The molecule has 3 heterocycles. The molecule has 1 saturated carbocycles. The number of amides is 1. The number of anilines is 1. The van der Waals surface area contributed by atoms with Gasteiger partial charge in [0.1, 0.15) is 11.0 Å². The molecule has 1 amide bonds. The Kier molecular flexibility index (Phi) is 3.61. The minimum atomic E-state index is 0.0552. The Balaban J connectivity index is 1.56. The molecular weight excluding hydrogens is 360 g/mol. The van der Waals surface area contributed by atoms with Crippen LogP contribution in [0.3, 0.4) is 0 Å². The summed E-state index contributed by atoms with van der Waals surface area (Å²) in [5, 5.41) is 10.9. The second-order valence-electron chi connectivity index (χ2n) is 6.90. The molecule has 1 fully saturated rings. The lowest BCUT2D eigenvalue weighted by atomic mass is 10.0. The minimum Gasteiger partial charge on any atom is -0.302 e. The number of aromatic nitrogens is 5. The number of nitrogens with zero attached hydrogens (tertiary/aromatic N) is 4. The molecule has 8 heteroatoms. The third-order valence-electron chi connectivity index (χ3n) is 5.02. The normalized spacial score (nSPS) is 14.0. The first-order chi connectivity index (χ1) is 13.1. The predicted molar refractivity (Wildman–Crippen MR) is 105 cm³/mol. The van der Waals surface area contributed by atoms with Gasteiger partial charge in [-0.05, 0) is 37.8 Å². The van der Waals surface area contributed by atoms with Crippen LogP contribution in [0.4, 0.5) is 5.13 Å². The Hall–Kier alpha value is -3.00. The maximum absolute atomic E-state index is 12.0. The Labute approximate surface area is 159 Å². The summed E-state index contributed by atoms with van der Waals surface area (Å²) >= 11 is 1.43. The van der Waals surface area contributed by atoms with Crippen LogP contribution >= 0.6 is 11.3 Å². The third kappa shape index (κ3) is 2.73. The Morgan fingerprint density at radius 1 is 1.33 bits per heavy atom. The van der Waals surface area contributed by atoms with Gasteiger partial charge in [-0.2, -0.15) is 5.10 Å². The summed E-state index contributed by atoms with van der Waals surface area (Å²) in [5.41, 5.74) is 5.21. The summed E-state index contributed by atoms with van der Waals surface area (Å²) in [6.45, 7) is 4.21. The van der Waals surface area contributed by atoms with Crippen molar-refractivity contribution in [3.63, 3.8) is 0 Å². The van der Waals surface area contributed by atoms with Crippen molar-refractivity contribution in [3.8, 4) is 17.1 Å². The second kappa shape index (κ2) is 6.02. The van der Waals surface area contributed by atoms with Crippen LogP contribution in [0.15, 0.2) is 30.7 Å². The van der Waals surface area contributed by atoms with E-state index >= 15 is 0 Å². The van der Waals surface area contributed by atoms with Crippen molar-refractivity contribution in [2.75, 3.05) is 5.32 Å². The molecule has 1 aliphatic rings. The molecule has 0 unspecified atom stereocenters. The molecule has 1 aliphatic carbocycles. The Bertz CT molecular complexity index is 1170. The van der Waals surface area contributed by atoms with E-state index < -0.39 is 0 Å². The first-order valence-corrected chi connectivity index (χ1v) is 9.68. The third-order valence-corrected chi connectivity index (χ3v) is 5.99. The maximum atomic E-state index is 12.0. The van der Waals surface area contributed by atoms with Crippen LogP contribution in [0.25, 0.3) is 27.4 Å². The summed E-state index contributed by atoms with van der Waals surface area (Å²) in [7, 11) is 0. The maximum Gasteiger partial charge on any atom is 0.229 e. The highest BCUT2D eigenvalue weighted by Gasteiger charge is 2.30. The van der Waals surface area contributed by atoms with Gasteiger partial charge >= 0.3 is 0 Å². The first kappa shape index (κ1) is 16.2. The number of aromatic amines is 1. The van der Waals surface area contributed by atoms with E-state index in [1.54, 1.807) is 6.33 Å². The fourth-order valence-corrected chi connectivity index (χ4v) is 4.07. The molecule has 0 aliphatic heterocycles. The van der Waals surface area contributed by atoms with E-state index in [2.05, 4.69) is 51.5 Å². The molecule has 0 radical (unpaired) electrons. The lowest BCUT2D eigenvalue weighted by Gasteiger charge is -2.10. The van der Waals surface area contributed by atoms with E-state index in [1.165, 1.54) is 22.5 Å². The lowest BCUT2D eigenvalue weighted by Crippen LogP contribution is -2.12. The number of imidazole rings is 1. The summed E-state index contributed by atoms with van der Waals surface area (Å²) in [6.07, 6.45) is 5.54. The number of carbonyl (C=O) groups excluding carboxylic acids is 1. The van der Waals surface area contributed by atoms with Crippen LogP contribution < -0.4 is 5.32 Å². The molecule has 0 spiro atoms. The predicted octanol–water partition coefficient (Wildman–Crippen LogP) is 3.84. The van der Waals surface area contributed by atoms with Crippen LogP contribution in [0.5, 0.6) is 0 Å². The standard InChI is InChI=1S/C19H18N6OS/c1-10-4-3-5-13(11(10)2)14-8-20-9-25(14)17-15-16(23-24-17)21-19(27-15)22-18(26)12-6-7-12/h3-5,8-9,12H,6-7H2,1-2H3,(H2,21,22,23,24,26). The van der Waals surface area contributed by atoms with Crippen LogP contribution in [0.1, 0.15) is 24.0 Å². The molecule has 2 N–H and O–H groups in total. The average Bonchev–Trinajstić information content (AvgIpc) is 3.08. The highest BCUT2D eigenvalue weighted by Crippen LogP contribution is 2.35. The van der Waals surface area contributed by atoms with Gasteiger partial charge < -0.3 is 5.32 Å². The van der Waals surface area contributed by atoms with E-state index in [0.29, 0.717) is 10.8 Å². The largest absolute Gasteiger partial charge is 0.302 e. The molecule has 27 heavy (non-hydrogen) atoms. The zero-order valence-electron chi connectivity index (χ0n) is 15.0. The monoisotopic (exact) mass is 378 g/mol. The number of hydrogen-bond donors (Lipinski definition) is 2. The van der Waals surface area contributed by atoms with E-state index in [-0.39, 0.29) is 11.8 Å². The first-order valence-electron chi connectivity index (χ1n) is 8.87. The number of benzene rings is 1. The van der Waals surface area contributed by atoms with Crippen molar-refractivity contribution in [3.05, 3.63) is 41.9 Å². The molecule has 5 rings (SSSR count). The zero-order valence-corrected chi connectivity index (χ0v) is 15.8. The summed E-state index contributed by atoms with van der Waals surface area (Å²) < 4.78 is 2.86. The van der Waals surface area contributed by atoms with Crippen molar-refractivity contribution in [1.29, 1.82) is 0 Å². The molecule has 0 atom stereocenters. The van der Waals surface area contributed by atoms with Gasteiger partial charge in [0.25, 0.3) is 0 Å². The smallest absolute Gasteiger partial charge is 0.229 e. The van der Waals surface area contributed by atoms with Gasteiger partial charge in [-0.15, -0.1) is 0 Å². The summed E-state index contributed by atoms with van der Waals surface area (Å²) in [4.78, 5) is 20.8. The van der Waals surface area contributed by atoms with Crippen molar-refractivity contribution >= 4 is 32.7 Å². The van der Waals surface area contributed by atoms with Gasteiger partial charge in [-0.3, -0.25) is 14.5 Å². The van der Waals surface area contributed by atoms with Gasteiger partial charge in [0.15, 0.2) is 16.6 Å². The van der Waals surface area contributed by atoms with Gasteiger partial charge in [0, 0.05) is 11.5 Å². The molecule has 7 nitrogen and oxygen atoms in total. The minimum absolute atomic E-state index is 0.0552. The fourth-order valence-electron chi connectivity index (χ4n) is 3.17. The quantitative estimate of drug-likeness (QED) is 0.565. The van der Waals surface area contributed by atoms with Crippen LogP contribution in [-0.2, 0) is 4.79 Å². The van der Waals surface area contributed by atoms with Gasteiger partial charge in [0.2, 0.25) is 5.91 Å². The van der Waals surface area contributed by atoms with E-state index in [9.17, 15) is 4.79 Å². The number of rotatable bonds is 4. The highest BCUT2D eigenvalue weighted by molar-refractivity contribution is 7.22. The number of carbonyl (C=O) groups is 1. The highest BCUT2D eigenvalue weighted by atomic mass is 32.1. The van der Waals surface area contributed by atoms with Crippen LogP contribution in [0.2, 0.25) is 0 Å². The molecule has 3 aromatic heterocycles. The van der Waals surface area contributed by atoms with E-state index in [1.807, 2.05) is 16.8 Å². The average molecular weight is 378 g/mol.